The van der Waals surface area contributed by atoms with Crippen LogP contribution in [0.3, 0.4) is 0 Å². The lowest BCUT2D eigenvalue weighted by molar-refractivity contribution is -0.119. The minimum atomic E-state index is -0.996. The smallest absolute Gasteiger partial charge is 0.359 e. The third-order valence-electron chi connectivity index (χ3n) is 2.66. The van der Waals surface area contributed by atoms with E-state index in [4.69, 9.17) is 74.3 Å². The molecule has 0 saturated heterocycles. The largest absolute Gasteiger partial charge is 0.451 e. The Labute approximate surface area is 172 Å². The number of pyridine rings is 1. The van der Waals surface area contributed by atoms with E-state index in [9.17, 15) is 9.59 Å². The number of hydrogen-bond donors (Lipinski definition) is 1. The molecule has 1 aromatic carbocycles. The molecule has 25 heavy (non-hydrogen) atoms. The summed E-state index contributed by atoms with van der Waals surface area (Å²) < 4.78 is 4.83. The fourth-order valence-electron chi connectivity index (χ4n) is 1.64. The van der Waals surface area contributed by atoms with Gasteiger partial charge in [0.1, 0.15) is 5.15 Å². The number of esters is 1. The standard InChI is InChI=1S/C14H6Cl6N2O3/c15-5-1-6(16)3-7(2-5)21-8(23)4-25-14(24)12-10(18)9(17)11(19)13(20)22-12/h1-3H,4H2,(H,21,23). The monoisotopic (exact) mass is 460 g/mol. The van der Waals surface area contributed by atoms with E-state index < -0.39 is 18.5 Å². The number of ether oxygens (including phenoxy) is 1. The number of nitrogens with zero attached hydrogens (tertiary/aromatic N) is 1. The number of hydrogen-bond acceptors (Lipinski definition) is 4. The van der Waals surface area contributed by atoms with Crippen LogP contribution in [0.1, 0.15) is 10.5 Å². The van der Waals surface area contributed by atoms with E-state index in [1.54, 1.807) is 0 Å². The molecule has 0 unspecified atom stereocenters. The molecule has 0 saturated carbocycles. The molecule has 2 aromatic rings. The molecule has 0 radical (unpaired) electrons. The van der Waals surface area contributed by atoms with Crippen LogP contribution in [0.5, 0.6) is 0 Å². The van der Waals surface area contributed by atoms with Gasteiger partial charge in [-0.25, -0.2) is 9.78 Å². The third-order valence-corrected chi connectivity index (χ3v) is 4.77. The van der Waals surface area contributed by atoms with Crippen LogP contribution in [0.25, 0.3) is 0 Å². The van der Waals surface area contributed by atoms with E-state index in [0.29, 0.717) is 15.7 Å². The number of amides is 1. The molecule has 0 bridgehead atoms. The Balaban J connectivity index is 2.04. The van der Waals surface area contributed by atoms with Crippen molar-refractivity contribution in [2.45, 2.75) is 0 Å². The maximum Gasteiger partial charge on any atom is 0.359 e. The highest BCUT2D eigenvalue weighted by molar-refractivity contribution is 6.52. The summed E-state index contributed by atoms with van der Waals surface area (Å²) in [5.74, 6) is -1.63. The Bertz CT molecular complexity index is 839. The van der Waals surface area contributed by atoms with Crippen LogP contribution in [0.4, 0.5) is 5.69 Å². The summed E-state index contributed by atoms with van der Waals surface area (Å²) in [4.78, 5) is 27.5. The predicted octanol–water partition coefficient (Wildman–Crippen LogP) is 5.80. The van der Waals surface area contributed by atoms with Gasteiger partial charge in [0.2, 0.25) is 0 Å². The Morgan fingerprint density at radius 3 is 2.12 bits per heavy atom. The molecular formula is C14H6Cl6N2O3. The lowest BCUT2D eigenvalue weighted by Crippen LogP contribution is -2.21. The number of carbonyl (C=O) groups excluding carboxylic acids is 2. The fraction of sp³-hybridized carbons (Fsp3) is 0.0714. The van der Waals surface area contributed by atoms with E-state index in [0.717, 1.165) is 0 Å². The molecule has 0 spiro atoms. The average Bonchev–Trinajstić information content (AvgIpc) is 2.53. The molecule has 5 nitrogen and oxygen atoms in total. The number of benzene rings is 1. The number of rotatable bonds is 4. The Kier molecular flexibility index (Phi) is 7.02. The number of anilines is 1. The van der Waals surface area contributed by atoms with Gasteiger partial charge in [-0.2, -0.15) is 0 Å². The number of carbonyl (C=O) groups is 2. The summed E-state index contributed by atoms with van der Waals surface area (Å²) in [5.41, 5.74) is -0.0213. The van der Waals surface area contributed by atoms with Crippen LogP contribution in [-0.4, -0.2) is 23.5 Å². The van der Waals surface area contributed by atoms with E-state index in [1.165, 1.54) is 18.2 Å². The highest BCUT2D eigenvalue weighted by Crippen LogP contribution is 2.36. The first-order valence-corrected chi connectivity index (χ1v) is 8.59. The van der Waals surface area contributed by atoms with Gasteiger partial charge in [-0.05, 0) is 18.2 Å². The van der Waals surface area contributed by atoms with Crippen molar-refractivity contribution in [3.63, 3.8) is 0 Å². The predicted molar refractivity (Wildman–Crippen MR) is 99.7 cm³/mol. The van der Waals surface area contributed by atoms with Gasteiger partial charge in [-0.3, -0.25) is 4.79 Å². The molecule has 0 atom stereocenters. The molecule has 1 heterocycles. The molecule has 1 aromatic heterocycles. The molecule has 0 fully saturated rings. The van der Waals surface area contributed by atoms with Gasteiger partial charge < -0.3 is 10.1 Å². The second-order valence-electron chi connectivity index (χ2n) is 4.48. The maximum atomic E-state index is 12.0. The van der Waals surface area contributed by atoms with Crippen LogP contribution >= 0.6 is 69.6 Å². The topological polar surface area (TPSA) is 68.3 Å². The van der Waals surface area contributed by atoms with Crippen molar-refractivity contribution in [1.82, 2.24) is 4.98 Å². The number of nitrogens with one attached hydrogen (secondary N) is 1. The van der Waals surface area contributed by atoms with Crippen LogP contribution in [0, 0.1) is 0 Å². The minimum absolute atomic E-state index is 0.0968. The summed E-state index contributed by atoms with van der Waals surface area (Å²) >= 11 is 34.8. The fourth-order valence-corrected chi connectivity index (χ4v) is 2.98. The van der Waals surface area contributed by atoms with Gasteiger partial charge in [-0.15, -0.1) is 0 Å². The molecule has 11 heteroatoms. The van der Waals surface area contributed by atoms with Crippen molar-refractivity contribution in [2.24, 2.45) is 0 Å². The highest BCUT2D eigenvalue weighted by atomic mass is 35.5. The van der Waals surface area contributed by atoms with E-state index >= 15 is 0 Å². The molecule has 0 aliphatic rings. The first-order valence-electron chi connectivity index (χ1n) is 6.32. The first-order chi connectivity index (χ1) is 11.7. The minimum Gasteiger partial charge on any atom is -0.451 e. The quantitative estimate of drug-likeness (QED) is 0.460. The normalized spacial score (nSPS) is 10.5. The van der Waals surface area contributed by atoms with Gasteiger partial charge in [0.25, 0.3) is 5.91 Å². The van der Waals surface area contributed by atoms with Crippen molar-refractivity contribution < 1.29 is 14.3 Å². The summed E-state index contributed by atoms with van der Waals surface area (Å²) in [6.45, 7) is -0.612. The van der Waals surface area contributed by atoms with Crippen molar-refractivity contribution in [3.8, 4) is 0 Å². The average molecular weight is 463 g/mol. The SMILES string of the molecule is O=C(COC(=O)c1nc(Cl)c(Cl)c(Cl)c1Cl)Nc1cc(Cl)cc(Cl)c1. The summed E-state index contributed by atoms with van der Waals surface area (Å²) in [7, 11) is 0. The van der Waals surface area contributed by atoms with Gasteiger partial charge in [0.05, 0.1) is 15.1 Å². The van der Waals surface area contributed by atoms with Gasteiger partial charge >= 0.3 is 5.97 Å². The summed E-state index contributed by atoms with van der Waals surface area (Å²) in [6.07, 6.45) is 0. The number of aromatic nitrogens is 1. The van der Waals surface area contributed by atoms with Crippen LogP contribution in [0.15, 0.2) is 18.2 Å². The molecule has 1 amide bonds. The number of halogens is 6. The van der Waals surface area contributed by atoms with Gasteiger partial charge in [0.15, 0.2) is 12.3 Å². The van der Waals surface area contributed by atoms with Gasteiger partial charge in [0, 0.05) is 15.7 Å². The van der Waals surface area contributed by atoms with E-state index in [2.05, 4.69) is 10.3 Å². The lowest BCUT2D eigenvalue weighted by atomic mass is 10.3. The zero-order chi connectivity index (χ0) is 18.7. The molecule has 132 valence electrons. The molecule has 0 aliphatic heterocycles. The van der Waals surface area contributed by atoms with Crippen molar-refractivity contribution >= 4 is 87.2 Å². The Morgan fingerprint density at radius 1 is 0.920 bits per heavy atom. The van der Waals surface area contributed by atoms with Gasteiger partial charge in [-0.1, -0.05) is 69.6 Å². The van der Waals surface area contributed by atoms with Crippen LogP contribution in [0.2, 0.25) is 30.3 Å². The lowest BCUT2D eigenvalue weighted by Gasteiger charge is -2.09. The van der Waals surface area contributed by atoms with E-state index in [-0.39, 0.29) is 25.9 Å². The molecular weight excluding hydrogens is 457 g/mol. The second-order valence-corrected chi connectivity index (χ2v) is 6.84. The maximum absolute atomic E-state index is 12.0. The molecule has 2 rings (SSSR count). The zero-order valence-electron chi connectivity index (χ0n) is 11.9. The highest BCUT2D eigenvalue weighted by Gasteiger charge is 2.22. The third kappa shape index (κ3) is 5.26. The molecule has 1 N–H and O–H groups in total. The van der Waals surface area contributed by atoms with E-state index in [1.807, 2.05) is 0 Å². The Morgan fingerprint density at radius 2 is 1.52 bits per heavy atom. The Hall–Kier alpha value is -0.950. The van der Waals surface area contributed by atoms with Crippen molar-refractivity contribution in [2.75, 3.05) is 11.9 Å². The first kappa shape index (κ1) is 20.4. The second kappa shape index (κ2) is 8.62. The molecule has 0 aliphatic carbocycles. The van der Waals surface area contributed by atoms with Crippen LogP contribution < -0.4 is 5.32 Å². The zero-order valence-corrected chi connectivity index (χ0v) is 16.4. The summed E-state index contributed by atoms with van der Waals surface area (Å²) in [5, 5.41) is 2.44. The van der Waals surface area contributed by atoms with Crippen molar-refractivity contribution in [1.29, 1.82) is 0 Å². The van der Waals surface area contributed by atoms with Crippen molar-refractivity contribution in [3.05, 3.63) is 54.2 Å². The van der Waals surface area contributed by atoms with Crippen LogP contribution in [-0.2, 0) is 9.53 Å². The summed E-state index contributed by atoms with van der Waals surface area (Å²) in [6, 6.07) is 4.45.